The summed E-state index contributed by atoms with van der Waals surface area (Å²) in [5.74, 6) is 6.53. The van der Waals surface area contributed by atoms with Crippen molar-refractivity contribution in [3.05, 3.63) is 21.9 Å². The maximum atomic E-state index is 12.5. The van der Waals surface area contributed by atoms with Gasteiger partial charge < -0.3 is 10.0 Å². The van der Waals surface area contributed by atoms with Gasteiger partial charge >= 0.3 is 0 Å². The van der Waals surface area contributed by atoms with Gasteiger partial charge in [0.05, 0.1) is 10.4 Å². The fraction of sp³-hybridized carbons (Fsp3) is 0.500. The number of hydrogen-bond donors (Lipinski definition) is 1. The van der Waals surface area contributed by atoms with E-state index < -0.39 is 0 Å². The number of aliphatic hydroxyl groups excluding tert-OH is 1. The largest absolute Gasteiger partial charge is 0.384 e. The normalized spacial score (nSPS) is 22.8. The van der Waals surface area contributed by atoms with Crippen molar-refractivity contribution in [2.75, 3.05) is 18.9 Å². The highest BCUT2D eigenvalue weighted by molar-refractivity contribution is 8.00. The van der Waals surface area contributed by atoms with Crippen molar-refractivity contribution in [1.29, 1.82) is 0 Å². The quantitative estimate of drug-likeness (QED) is 0.806. The molecule has 0 bridgehead atoms. The smallest absolute Gasteiger partial charge is 0.255 e. The summed E-state index contributed by atoms with van der Waals surface area (Å²) in [6.45, 7) is 4.93. The van der Waals surface area contributed by atoms with Crippen molar-refractivity contribution in [3.63, 3.8) is 0 Å². The number of carbonyl (C=O) groups is 1. The zero-order valence-corrected chi connectivity index (χ0v) is 12.7. The minimum Gasteiger partial charge on any atom is -0.384 e. The second-order valence-electron chi connectivity index (χ2n) is 4.47. The third kappa shape index (κ3) is 3.33. The van der Waals surface area contributed by atoms with Gasteiger partial charge in [0.1, 0.15) is 6.61 Å². The minimum absolute atomic E-state index is 0.0907. The number of thiophene rings is 1. The average molecular weight is 295 g/mol. The molecule has 2 unspecified atom stereocenters. The fourth-order valence-electron chi connectivity index (χ4n) is 2.03. The first-order valence-electron chi connectivity index (χ1n) is 6.24. The lowest BCUT2D eigenvalue weighted by Crippen LogP contribution is -2.47. The van der Waals surface area contributed by atoms with Crippen molar-refractivity contribution >= 4 is 29.0 Å². The van der Waals surface area contributed by atoms with Crippen molar-refractivity contribution < 1.29 is 9.90 Å². The van der Waals surface area contributed by atoms with E-state index in [0.29, 0.717) is 10.8 Å². The Morgan fingerprint density at radius 2 is 2.37 bits per heavy atom. The van der Waals surface area contributed by atoms with Gasteiger partial charge in [-0.15, -0.1) is 11.3 Å². The number of rotatable bonds is 1. The first kappa shape index (κ1) is 14.4. The highest BCUT2D eigenvalue weighted by Crippen LogP contribution is 2.26. The van der Waals surface area contributed by atoms with Crippen LogP contribution in [0.3, 0.4) is 0 Å². The molecule has 0 aromatic carbocycles. The Morgan fingerprint density at radius 1 is 1.58 bits per heavy atom. The summed E-state index contributed by atoms with van der Waals surface area (Å²) in [5.41, 5.74) is 0.707. The molecular formula is C14H17NO2S2. The second-order valence-corrected chi connectivity index (χ2v) is 6.87. The van der Waals surface area contributed by atoms with E-state index in [1.165, 1.54) is 11.3 Å². The molecule has 5 heteroatoms. The van der Waals surface area contributed by atoms with E-state index in [1.807, 2.05) is 28.1 Å². The molecule has 1 aromatic rings. The number of carbonyl (C=O) groups excluding carboxylic acids is 1. The van der Waals surface area contributed by atoms with E-state index in [1.54, 1.807) is 0 Å². The third-order valence-corrected chi connectivity index (χ3v) is 5.47. The van der Waals surface area contributed by atoms with E-state index in [-0.39, 0.29) is 18.6 Å². The van der Waals surface area contributed by atoms with Crippen LogP contribution in [0.25, 0.3) is 0 Å². The Bertz CT molecular complexity index is 515. The number of aliphatic hydroxyl groups is 1. The maximum Gasteiger partial charge on any atom is 0.255 e. The summed E-state index contributed by atoms with van der Waals surface area (Å²) in [6, 6.07) is 2.08. The molecule has 2 heterocycles. The molecule has 2 atom stereocenters. The molecule has 3 nitrogen and oxygen atoms in total. The predicted molar refractivity (Wildman–Crippen MR) is 80.7 cm³/mol. The number of amides is 1. The summed E-state index contributed by atoms with van der Waals surface area (Å²) in [4.78, 5) is 15.2. The molecule has 102 valence electrons. The Hall–Kier alpha value is -0.960. The molecule has 2 rings (SSSR count). The van der Waals surface area contributed by atoms with Gasteiger partial charge in [-0.1, -0.05) is 18.8 Å². The molecule has 1 saturated heterocycles. The van der Waals surface area contributed by atoms with Gasteiger partial charge in [0.15, 0.2) is 0 Å². The number of thioether (sulfide) groups is 1. The zero-order chi connectivity index (χ0) is 13.8. The van der Waals surface area contributed by atoms with Crippen LogP contribution < -0.4 is 0 Å². The van der Waals surface area contributed by atoms with Gasteiger partial charge in [0, 0.05) is 29.0 Å². The van der Waals surface area contributed by atoms with Gasteiger partial charge in [-0.05, 0) is 13.0 Å². The third-order valence-electron chi connectivity index (χ3n) is 3.28. The molecule has 1 aromatic heterocycles. The van der Waals surface area contributed by atoms with Crippen LogP contribution in [0.5, 0.6) is 0 Å². The lowest BCUT2D eigenvalue weighted by molar-refractivity contribution is 0.0698. The summed E-state index contributed by atoms with van der Waals surface area (Å²) in [6.07, 6.45) is 0. The topological polar surface area (TPSA) is 40.5 Å². The first-order valence-corrected chi connectivity index (χ1v) is 8.17. The highest BCUT2D eigenvalue weighted by atomic mass is 32.2. The van der Waals surface area contributed by atoms with Crippen molar-refractivity contribution in [1.82, 2.24) is 4.90 Å². The Balaban J connectivity index is 2.12. The molecule has 1 N–H and O–H groups in total. The summed E-state index contributed by atoms with van der Waals surface area (Å²) >= 11 is 3.36. The van der Waals surface area contributed by atoms with E-state index in [2.05, 4.69) is 25.7 Å². The van der Waals surface area contributed by atoms with Crippen LogP contribution in [0, 0.1) is 11.8 Å². The van der Waals surface area contributed by atoms with Crippen molar-refractivity contribution in [2.45, 2.75) is 25.1 Å². The lowest BCUT2D eigenvalue weighted by Gasteiger charge is -2.37. The summed E-state index contributed by atoms with van der Waals surface area (Å²) < 4.78 is 0. The SMILES string of the molecule is CC1SCCN(C(=O)c2csc(C#CCO)c2)C1C. The molecule has 0 aliphatic carbocycles. The van der Waals surface area contributed by atoms with Crippen LogP contribution >= 0.6 is 23.1 Å². The summed E-state index contributed by atoms with van der Waals surface area (Å²) in [5, 5.41) is 11.0. The number of nitrogens with zero attached hydrogens (tertiary/aromatic N) is 1. The van der Waals surface area contributed by atoms with Gasteiger partial charge in [0.25, 0.3) is 5.91 Å². The Labute approximate surface area is 122 Å². The molecule has 0 saturated carbocycles. The number of hydrogen-bond acceptors (Lipinski definition) is 4. The lowest BCUT2D eigenvalue weighted by atomic mass is 10.1. The van der Waals surface area contributed by atoms with Crippen LogP contribution in [0.4, 0.5) is 0 Å². The average Bonchev–Trinajstić information content (AvgIpc) is 2.87. The predicted octanol–water partition coefficient (Wildman–Crippen LogP) is 2.06. The standard InChI is InChI=1S/C14H17NO2S2/c1-10-11(2)18-7-5-15(10)14(17)12-8-13(19-9-12)4-3-6-16/h8-11,16H,5-7H2,1-2H3. The second kappa shape index (κ2) is 6.47. The van der Waals surface area contributed by atoms with Crippen molar-refractivity contribution in [3.8, 4) is 11.8 Å². The van der Waals surface area contributed by atoms with Crippen LogP contribution in [-0.2, 0) is 0 Å². The Kier molecular flexibility index (Phi) is 4.92. The van der Waals surface area contributed by atoms with Crippen LogP contribution in [0.1, 0.15) is 29.1 Å². The maximum absolute atomic E-state index is 12.5. The van der Waals surface area contributed by atoms with Gasteiger partial charge in [-0.25, -0.2) is 0 Å². The highest BCUT2D eigenvalue weighted by Gasteiger charge is 2.29. The van der Waals surface area contributed by atoms with E-state index in [9.17, 15) is 4.79 Å². The molecule has 1 amide bonds. The van der Waals surface area contributed by atoms with E-state index >= 15 is 0 Å². The van der Waals surface area contributed by atoms with Gasteiger partial charge in [-0.3, -0.25) is 4.79 Å². The fourth-order valence-corrected chi connectivity index (χ4v) is 3.87. The molecule has 0 spiro atoms. The van der Waals surface area contributed by atoms with Crippen LogP contribution in [0.2, 0.25) is 0 Å². The van der Waals surface area contributed by atoms with Crippen LogP contribution in [0.15, 0.2) is 11.4 Å². The first-order chi connectivity index (χ1) is 9.13. The molecule has 1 aliphatic rings. The molecule has 0 radical (unpaired) electrons. The molecule has 1 aliphatic heterocycles. The van der Waals surface area contributed by atoms with Crippen LogP contribution in [-0.4, -0.2) is 46.1 Å². The van der Waals surface area contributed by atoms with Gasteiger partial charge in [-0.2, -0.15) is 11.8 Å². The Morgan fingerprint density at radius 3 is 3.11 bits per heavy atom. The monoisotopic (exact) mass is 295 g/mol. The van der Waals surface area contributed by atoms with E-state index in [4.69, 9.17) is 5.11 Å². The van der Waals surface area contributed by atoms with E-state index in [0.717, 1.165) is 17.2 Å². The zero-order valence-electron chi connectivity index (χ0n) is 11.0. The minimum atomic E-state index is -0.154. The van der Waals surface area contributed by atoms with Crippen molar-refractivity contribution in [2.24, 2.45) is 0 Å². The summed E-state index contributed by atoms with van der Waals surface area (Å²) in [7, 11) is 0. The molecular weight excluding hydrogens is 278 g/mol. The van der Waals surface area contributed by atoms with Gasteiger partial charge in [0.2, 0.25) is 0 Å². The molecule has 1 fully saturated rings. The molecule has 19 heavy (non-hydrogen) atoms.